The quantitative estimate of drug-likeness (QED) is 0.0673. The van der Waals surface area contributed by atoms with Gasteiger partial charge in [0, 0.05) is 25.7 Å². The Hall–Kier alpha value is -4.78. The maximum absolute atomic E-state index is 11.7. The molecule has 0 aromatic rings. The van der Waals surface area contributed by atoms with E-state index in [9.17, 15) is 9.59 Å². The summed E-state index contributed by atoms with van der Waals surface area (Å²) in [6.45, 7) is 0. The number of nitriles is 3. The summed E-state index contributed by atoms with van der Waals surface area (Å²) in [5, 5.41) is 59.6. The molecule has 16 nitrogen and oxygen atoms in total. The normalized spacial score (nSPS) is 12.3. The Bertz CT molecular complexity index is 869. The van der Waals surface area contributed by atoms with E-state index in [0.717, 1.165) is 0 Å². The molecule has 0 heterocycles. The fraction of sp³-hybridized carbons (Fsp3) is 0.556. The minimum atomic E-state index is -1.56. The van der Waals surface area contributed by atoms with Crippen molar-refractivity contribution in [1.82, 2.24) is 0 Å². The molecule has 0 saturated carbocycles. The average Bonchev–Trinajstić information content (AvgIpc) is 2.83. The standard InChI is InChI=1S/C9H19N7O4.C9H10N4O/c10-5(14-18)1-3-9(8(13)17,7(12)16-20)4-2-6(11)15-19;10-5-1-3-9(7-12,8(13)14)4-2-6-11/h18-20H,1-4H2,(H2,10,14)(H2,11,15)(H2,12,16)(H2,13,17);1-4H2,(H2,13,14). The van der Waals surface area contributed by atoms with Crippen LogP contribution < -0.4 is 28.7 Å². The monoisotopic (exact) mass is 479 g/mol. The van der Waals surface area contributed by atoms with Crippen LogP contribution >= 0.6 is 0 Å². The minimum Gasteiger partial charge on any atom is -0.409 e. The van der Waals surface area contributed by atoms with E-state index in [1.807, 2.05) is 18.2 Å². The summed E-state index contributed by atoms with van der Waals surface area (Å²) in [5.41, 5.74) is 23.6. The second kappa shape index (κ2) is 15.9. The molecule has 0 atom stereocenters. The van der Waals surface area contributed by atoms with Gasteiger partial charge < -0.3 is 44.3 Å². The molecular formula is C18H29N11O5. The molecule has 2 amide bonds. The van der Waals surface area contributed by atoms with Gasteiger partial charge in [-0.2, -0.15) is 15.8 Å². The van der Waals surface area contributed by atoms with Gasteiger partial charge >= 0.3 is 0 Å². The van der Waals surface area contributed by atoms with E-state index in [0.29, 0.717) is 0 Å². The topological polar surface area (TPSA) is 333 Å². The highest BCUT2D eigenvalue weighted by Gasteiger charge is 2.41. The van der Waals surface area contributed by atoms with Crippen LogP contribution in [-0.4, -0.2) is 44.9 Å². The number of rotatable bonds is 13. The van der Waals surface area contributed by atoms with Crippen LogP contribution in [-0.2, 0) is 9.59 Å². The Kier molecular flexibility index (Phi) is 14.7. The lowest BCUT2D eigenvalue weighted by Crippen LogP contribution is -2.48. The van der Waals surface area contributed by atoms with E-state index in [1.165, 1.54) is 0 Å². The number of hydrogen-bond donors (Lipinski definition) is 8. The first-order valence-corrected chi connectivity index (χ1v) is 9.62. The van der Waals surface area contributed by atoms with Crippen LogP contribution in [0.3, 0.4) is 0 Å². The second-order valence-electron chi connectivity index (χ2n) is 6.99. The maximum atomic E-state index is 11.7. The average molecular weight is 480 g/mol. The smallest absolute Gasteiger partial charge is 0.237 e. The zero-order valence-corrected chi connectivity index (χ0v) is 18.4. The van der Waals surface area contributed by atoms with Crippen molar-refractivity contribution >= 4 is 29.3 Å². The molecule has 0 spiro atoms. The summed E-state index contributed by atoms with van der Waals surface area (Å²) >= 11 is 0. The van der Waals surface area contributed by atoms with Crippen molar-refractivity contribution in [3.8, 4) is 18.2 Å². The molecule has 0 saturated heterocycles. The van der Waals surface area contributed by atoms with Gasteiger partial charge in [0.1, 0.15) is 22.5 Å². The number of nitrogens with two attached hydrogens (primary N) is 5. The largest absolute Gasteiger partial charge is 0.409 e. The van der Waals surface area contributed by atoms with Gasteiger partial charge in [0.2, 0.25) is 11.8 Å². The van der Waals surface area contributed by atoms with Crippen molar-refractivity contribution in [1.29, 1.82) is 15.8 Å². The summed E-state index contributed by atoms with van der Waals surface area (Å²) in [7, 11) is 0. The number of oxime groups is 3. The van der Waals surface area contributed by atoms with Gasteiger partial charge in [-0.15, -0.1) is 0 Å². The third kappa shape index (κ3) is 9.57. The zero-order chi connectivity index (χ0) is 26.8. The molecule has 34 heavy (non-hydrogen) atoms. The van der Waals surface area contributed by atoms with E-state index < -0.39 is 28.5 Å². The van der Waals surface area contributed by atoms with Crippen LogP contribution in [0.15, 0.2) is 15.5 Å². The Balaban J connectivity index is 0. The first-order chi connectivity index (χ1) is 16.0. The minimum absolute atomic E-state index is 0.0220. The highest BCUT2D eigenvalue weighted by Crippen LogP contribution is 2.30. The van der Waals surface area contributed by atoms with Crippen LogP contribution in [0.1, 0.15) is 51.4 Å². The molecule has 13 N–H and O–H groups in total. The molecule has 0 bridgehead atoms. The van der Waals surface area contributed by atoms with E-state index >= 15 is 0 Å². The number of amidine groups is 3. The van der Waals surface area contributed by atoms with Crippen LogP contribution in [0.4, 0.5) is 0 Å². The predicted molar refractivity (Wildman–Crippen MR) is 117 cm³/mol. The Morgan fingerprint density at radius 3 is 1.35 bits per heavy atom. The molecule has 0 fully saturated rings. The third-order valence-corrected chi connectivity index (χ3v) is 4.96. The summed E-state index contributed by atoms with van der Waals surface area (Å²) < 4.78 is 0. The molecule has 0 radical (unpaired) electrons. The summed E-state index contributed by atoms with van der Waals surface area (Å²) in [6.07, 6.45) is 0.190. The van der Waals surface area contributed by atoms with Gasteiger partial charge in [0.25, 0.3) is 0 Å². The Morgan fingerprint density at radius 2 is 1.12 bits per heavy atom. The number of hydrogen-bond acceptors (Lipinski definition) is 11. The Morgan fingerprint density at radius 1 is 0.706 bits per heavy atom. The first kappa shape index (κ1) is 31.4. The van der Waals surface area contributed by atoms with Crippen molar-refractivity contribution in [2.45, 2.75) is 51.4 Å². The molecule has 186 valence electrons. The fourth-order valence-electron chi connectivity index (χ4n) is 2.71. The number of carbonyl (C=O) groups excluding carboxylic acids is 2. The molecule has 16 heteroatoms. The van der Waals surface area contributed by atoms with E-state index in [4.69, 9.17) is 60.1 Å². The van der Waals surface area contributed by atoms with Crippen LogP contribution in [0, 0.1) is 44.8 Å². The number of carbonyl (C=O) groups is 2. The Labute approximate surface area is 195 Å². The number of amides is 2. The first-order valence-electron chi connectivity index (χ1n) is 9.62. The van der Waals surface area contributed by atoms with Gasteiger partial charge in [-0.3, -0.25) is 9.59 Å². The number of primary amides is 2. The lowest BCUT2D eigenvalue weighted by atomic mass is 9.76. The lowest BCUT2D eigenvalue weighted by Gasteiger charge is -2.28. The van der Waals surface area contributed by atoms with Crippen LogP contribution in [0.25, 0.3) is 0 Å². The fourth-order valence-corrected chi connectivity index (χ4v) is 2.71. The highest BCUT2D eigenvalue weighted by atomic mass is 16.4. The highest BCUT2D eigenvalue weighted by molar-refractivity contribution is 6.06. The summed E-state index contributed by atoms with van der Waals surface area (Å²) in [5.74, 6) is -2.36. The van der Waals surface area contributed by atoms with Gasteiger partial charge in [-0.05, 0) is 25.7 Å². The van der Waals surface area contributed by atoms with Gasteiger partial charge in [-0.25, -0.2) is 0 Å². The van der Waals surface area contributed by atoms with Crippen molar-refractivity contribution in [2.75, 3.05) is 0 Å². The molecule has 0 aliphatic rings. The number of nitrogens with zero attached hydrogens (tertiary/aromatic N) is 6. The van der Waals surface area contributed by atoms with E-state index in [-0.39, 0.29) is 63.0 Å². The summed E-state index contributed by atoms with van der Waals surface area (Å²) in [6, 6.07) is 5.50. The molecule has 0 unspecified atom stereocenters. The zero-order valence-electron chi connectivity index (χ0n) is 18.4. The van der Waals surface area contributed by atoms with Gasteiger partial charge in [-0.1, -0.05) is 15.5 Å². The van der Waals surface area contributed by atoms with Crippen molar-refractivity contribution in [2.24, 2.45) is 55.0 Å². The van der Waals surface area contributed by atoms with Crippen molar-refractivity contribution in [3.05, 3.63) is 0 Å². The van der Waals surface area contributed by atoms with Gasteiger partial charge in [0.15, 0.2) is 5.84 Å². The predicted octanol–water partition coefficient (Wildman–Crippen LogP) is -1.15. The second-order valence-corrected chi connectivity index (χ2v) is 6.99. The van der Waals surface area contributed by atoms with Crippen molar-refractivity contribution in [3.63, 3.8) is 0 Å². The molecule has 0 aliphatic carbocycles. The van der Waals surface area contributed by atoms with Crippen molar-refractivity contribution < 1.29 is 25.2 Å². The lowest BCUT2D eigenvalue weighted by molar-refractivity contribution is -0.126. The van der Waals surface area contributed by atoms with Crippen LogP contribution in [0.5, 0.6) is 0 Å². The van der Waals surface area contributed by atoms with Crippen LogP contribution in [0.2, 0.25) is 0 Å². The molecule has 0 rings (SSSR count). The van der Waals surface area contributed by atoms with E-state index in [2.05, 4.69) is 15.5 Å². The molecule has 0 aliphatic heterocycles. The molecular weight excluding hydrogens is 450 g/mol. The maximum Gasteiger partial charge on any atom is 0.237 e. The molecule has 0 aromatic carbocycles. The molecule has 0 aromatic heterocycles. The SMILES string of the molecule is N#CCCC(C#N)(CCC#N)C(N)=O.NC(=O)C(CC/C(N)=N\O)(CC/C(N)=N\O)/C(N)=N\O. The van der Waals surface area contributed by atoms with Gasteiger partial charge in [0.05, 0.1) is 18.2 Å². The van der Waals surface area contributed by atoms with E-state index in [1.54, 1.807) is 0 Å². The summed E-state index contributed by atoms with van der Waals surface area (Å²) in [4.78, 5) is 22.7. The third-order valence-electron chi connectivity index (χ3n) is 4.96.